The van der Waals surface area contributed by atoms with Crippen molar-refractivity contribution in [3.8, 4) is 11.1 Å². The van der Waals surface area contributed by atoms with Gasteiger partial charge in [-0.2, -0.15) is 0 Å². The Morgan fingerprint density at radius 3 is 2.29 bits per heavy atom. The van der Waals surface area contributed by atoms with E-state index >= 15 is 0 Å². The lowest BCUT2D eigenvalue weighted by Gasteiger charge is -2.18. The molecule has 3 rings (SSSR count). The van der Waals surface area contributed by atoms with Crippen LogP contribution in [0.5, 0.6) is 0 Å². The van der Waals surface area contributed by atoms with Gasteiger partial charge in [0, 0.05) is 19.6 Å². The number of carbonyl (C=O) groups excluding carboxylic acids is 1. The zero-order valence-corrected chi connectivity index (χ0v) is 12.3. The summed E-state index contributed by atoms with van der Waals surface area (Å²) < 4.78 is 0. The Morgan fingerprint density at radius 2 is 1.67 bits per heavy atom. The topological polar surface area (TPSA) is 32.3 Å². The lowest BCUT2D eigenvalue weighted by atomic mass is 10.0. The third kappa shape index (κ3) is 3.63. The number of hydrogen-bond donors (Lipinski definition) is 1. The molecule has 1 N–H and O–H groups in total. The van der Waals surface area contributed by atoms with Crippen molar-refractivity contribution in [1.29, 1.82) is 0 Å². The number of hydrogen-bond acceptors (Lipinski definition) is 1. The highest BCUT2D eigenvalue weighted by atomic mass is 16.2. The lowest BCUT2D eigenvalue weighted by molar-refractivity contribution is 0.206. The van der Waals surface area contributed by atoms with Gasteiger partial charge >= 0.3 is 6.03 Å². The van der Waals surface area contributed by atoms with E-state index in [9.17, 15) is 4.79 Å². The van der Waals surface area contributed by atoms with Crippen molar-refractivity contribution in [3.63, 3.8) is 0 Å². The maximum absolute atomic E-state index is 11.9. The normalized spacial score (nSPS) is 13.8. The molecule has 0 aliphatic heterocycles. The van der Waals surface area contributed by atoms with E-state index in [1.807, 2.05) is 25.2 Å². The second-order valence-electron chi connectivity index (χ2n) is 5.64. The molecule has 2 amide bonds. The molecule has 2 aromatic carbocycles. The first-order valence-electron chi connectivity index (χ1n) is 7.38. The minimum absolute atomic E-state index is 0.0182. The molecule has 3 heteroatoms. The van der Waals surface area contributed by atoms with Crippen LogP contribution in [0.4, 0.5) is 4.79 Å². The number of nitrogens with one attached hydrogen (secondary N) is 1. The van der Waals surface area contributed by atoms with Gasteiger partial charge in [-0.15, -0.1) is 0 Å². The largest absolute Gasteiger partial charge is 0.335 e. The molecular formula is C18H20N2O. The fraction of sp³-hybridized carbons (Fsp3) is 0.278. The summed E-state index contributed by atoms with van der Waals surface area (Å²) in [5.74, 6) is 0. The average Bonchev–Trinajstić information content (AvgIpc) is 3.33. The Hall–Kier alpha value is -2.29. The molecular weight excluding hydrogens is 260 g/mol. The van der Waals surface area contributed by atoms with Crippen LogP contribution in [-0.2, 0) is 6.54 Å². The third-order valence-electron chi connectivity index (χ3n) is 3.73. The summed E-state index contributed by atoms with van der Waals surface area (Å²) in [4.78, 5) is 13.6. The first-order valence-corrected chi connectivity index (χ1v) is 7.38. The van der Waals surface area contributed by atoms with Gasteiger partial charge in [-0.3, -0.25) is 0 Å². The van der Waals surface area contributed by atoms with Crippen molar-refractivity contribution in [2.45, 2.75) is 25.4 Å². The van der Waals surface area contributed by atoms with Crippen molar-refractivity contribution < 1.29 is 4.79 Å². The van der Waals surface area contributed by atoms with Gasteiger partial charge in [0.15, 0.2) is 0 Å². The Kier molecular flexibility index (Phi) is 3.91. The number of benzene rings is 2. The van der Waals surface area contributed by atoms with E-state index in [-0.39, 0.29) is 6.03 Å². The van der Waals surface area contributed by atoms with E-state index < -0.39 is 0 Å². The van der Waals surface area contributed by atoms with E-state index in [4.69, 9.17) is 0 Å². The molecule has 1 aliphatic rings. The lowest BCUT2D eigenvalue weighted by Crippen LogP contribution is -2.37. The number of carbonyl (C=O) groups is 1. The van der Waals surface area contributed by atoms with Crippen LogP contribution in [-0.4, -0.2) is 24.0 Å². The highest BCUT2D eigenvalue weighted by molar-refractivity contribution is 5.74. The Morgan fingerprint density at radius 1 is 1.05 bits per heavy atom. The molecule has 2 aromatic rings. The number of rotatable bonds is 4. The van der Waals surface area contributed by atoms with Crippen LogP contribution in [0, 0.1) is 0 Å². The number of urea groups is 1. The van der Waals surface area contributed by atoms with Gasteiger partial charge in [-0.1, -0.05) is 54.6 Å². The molecule has 0 atom stereocenters. The second kappa shape index (κ2) is 6.00. The van der Waals surface area contributed by atoms with Gasteiger partial charge in [-0.05, 0) is 29.5 Å². The molecule has 0 bridgehead atoms. The maximum atomic E-state index is 11.9. The van der Waals surface area contributed by atoms with Gasteiger partial charge < -0.3 is 10.2 Å². The van der Waals surface area contributed by atoms with E-state index in [0.717, 1.165) is 18.4 Å². The molecule has 108 valence electrons. The van der Waals surface area contributed by atoms with E-state index in [0.29, 0.717) is 12.6 Å². The van der Waals surface area contributed by atoms with E-state index in [1.165, 1.54) is 11.1 Å². The summed E-state index contributed by atoms with van der Waals surface area (Å²) in [7, 11) is 1.84. The predicted octanol–water partition coefficient (Wildman–Crippen LogP) is 3.66. The standard InChI is InChI=1S/C18H20N2O/c1-20(18(21)19-17-11-12-17)13-14-7-9-16(10-8-14)15-5-3-2-4-6-15/h2-10,17H,11-13H2,1H3,(H,19,21). The van der Waals surface area contributed by atoms with Crippen LogP contribution in [0.15, 0.2) is 54.6 Å². The first kappa shape index (κ1) is 13.7. The van der Waals surface area contributed by atoms with Crippen molar-refractivity contribution in [1.82, 2.24) is 10.2 Å². The predicted molar refractivity (Wildman–Crippen MR) is 84.9 cm³/mol. The molecule has 0 saturated heterocycles. The highest BCUT2D eigenvalue weighted by Crippen LogP contribution is 2.20. The smallest absolute Gasteiger partial charge is 0.317 e. The summed E-state index contributed by atoms with van der Waals surface area (Å²) in [6.07, 6.45) is 2.23. The third-order valence-corrected chi connectivity index (χ3v) is 3.73. The Balaban J connectivity index is 1.62. The molecule has 1 fully saturated rings. The van der Waals surface area contributed by atoms with Crippen molar-refractivity contribution >= 4 is 6.03 Å². The SMILES string of the molecule is CN(Cc1ccc(-c2ccccc2)cc1)C(=O)NC1CC1. The maximum Gasteiger partial charge on any atom is 0.317 e. The first-order chi connectivity index (χ1) is 10.2. The van der Waals surface area contributed by atoms with Gasteiger partial charge in [0.25, 0.3) is 0 Å². The van der Waals surface area contributed by atoms with Crippen molar-refractivity contribution in [3.05, 3.63) is 60.2 Å². The molecule has 1 saturated carbocycles. The van der Waals surface area contributed by atoms with Crippen LogP contribution >= 0.6 is 0 Å². The van der Waals surface area contributed by atoms with Crippen molar-refractivity contribution in [2.24, 2.45) is 0 Å². The van der Waals surface area contributed by atoms with Crippen molar-refractivity contribution in [2.75, 3.05) is 7.05 Å². The quantitative estimate of drug-likeness (QED) is 0.910. The summed E-state index contributed by atoms with van der Waals surface area (Å²) in [6.45, 7) is 0.633. The van der Waals surface area contributed by atoms with Gasteiger partial charge in [0.2, 0.25) is 0 Å². The molecule has 0 heterocycles. The van der Waals surface area contributed by atoms with Crippen LogP contribution in [0.2, 0.25) is 0 Å². The van der Waals surface area contributed by atoms with Crippen LogP contribution < -0.4 is 5.32 Å². The molecule has 0 radical (unpaired) electrons. The minimum Gasteiger partial charge on any atom is -0.335 e. The van der Waals surface area contributed by atoms with Crippen LogP contribution in [0.3, 0.4) is 0 Å². The zero-order valence-electron chi connectivity index (χ0n) is 12.3. The summed E-state index contributed by atoms with van der Waals surface area (Å²) in [5, 5.41) is 3.00. The zero-order chi connectivity index (χ0) is 14.7. The van der Waals surface area contributed by atoms with Gasteiger partial charge in [-0.25, -0.2) is 4.79 Å². The van der Waals surface area contributed by atoms with E-state index in [1.54, 1.807) is 4.90 Å². The Bertz CT molecular complexity index is 603. The Labute approximate surface area is 125 Å². The second-order valence-corrected chi connectivity index (χ2v) is 5.64. The molecule has 1 aliphatic carbocycles. The molecule has 0 spiro atoms. The number of amides is 2. The minimum atomic E-state index is 0.0182. The van der Waals surface area contributed by atoms with E-state index in [2.05, 4.69) is 41.7 Å². The molecule has 0 aromatic heterocycles. The van der Waals surface area contributed by atoms with Gasteiger partial charge in [0.1, 0.15) is 0 Å². The molecule has 3 nitrogen and oxygen atoms in total. The average molecular weight is 280 g/mol. The highest BCUT2D eigenvalue weighted by Gasteiger charge is 2.24. The van der Waals surface area contributed by atoms with Gasteiger partial charge in [0.05, 0.1) is 0 Å². The summed E-state index contributed by atoms with van der Waals surface area (Å²) >= 11 is 0. The molecule has 0 unspecified atom stereocenters. The fourth-order valence-electron chi connectivity index (χ4n) is 2.29. The van der Waals surface area contributed by atoms with Crippen LogP contribution in [0.1, 0.15) is 18.4 Å². The molecule has 21 heavy (non-hydrogen) atoms. The van der Waals surface area contributed by atoms with Crippen LogP contribution in [0.25, 0.3) is 11.1 Å². The monoisotopic (exact) mass is 280 g/mol. The fourth-order valence-corrected chi connectivity index (χ4v) is 2.29. The summed E-state index contributed by atoms with van der Waals surface area (Å²) in [6, 6.07) is 19.1. The number of nitrogens with zero attached hydrogens (tertiary/aromatic N) is 1. The summed E-state index contributed by atoms with van der Waals surface area (Å²) in [5.41, 5.74) is 3.55.